The van der Waals surface area contributed by atoms with Gasteiger partial charge in [0.05, 0.1) is 11.9 Å². The third kappa shape index (κ3) is 4.14. The fourth-order valence-electron chi connectivity index (χ4n) is 1.95. The average molecular weight is 322 g/mol. The van der Waals surface area contributed by atoms with Crippen LogP contribution in [0.2, 0.25) is 0 Å². The van der Waals surface area contributed by atoms with E-state index < -0.39 is 5.97 Å². The predicted molar refractivity (Wildman–Crippen MR) is 82.9 cm³/mol. The molecule has 2 aromatic heterocycles. The van der Waals surface area contributed by atoms with Gasteiger partial charge in [-0.1, -0.05) is 0 Å². The third-order valence-corrected chi connectivity index (χ3v) is 4.26. The molecule has 0 saturated carbocycles. The van der Waals surface area contributed by atoms with Gasteiger partial charge in [0, 0.05) is 31.8 Å². The van der Waals surface area contributed by atoms with Gasteiger partial charge >= 0.3 is 5.97 Å². The van der Waals surface area contributed by atoms with Gasteiger partial charge in [0.15, 0.2) is 0 Å². The van der Waals surface area contributed by atoms with Crippen LogP contribution >= 0.6 is 11.3 Å². The Balaban J connectivity index is 1.93. The number of unbranched alkanes of at least 4 members (excludes halogenated alkanes) is 1. The van der Waals surface area contributed by atoms with Gasteiger partial charge in [0.1, 0.15) is 9.88 Å². The fourth-order valence-corrected chi connectivity index (χ4v) is 2.90. The lowest BCUT2D eigenvalue weighted by molar-refractivity contribution is -0.137. The first-order valence-corrected chi connectivity index (χ1v) is 7.75. The first kappa shape index (κ1) is 16.2. The topological polar surface area (TPSA) is 97.1 Å². The first-order valence-electron chi connectivity index (χ1n) is 6.94. The van der Waals surface area contributed by atoms with Gasteiger partial charge in [-0.2, -0.15) is 5.10 Å². The van der Waals surface area contributed by atoms with Gasteiger partial charge < -0.3 is 10.4 Å². The van der Waals surface area contributed by atoms with Crippen LogP contribution in [0.4, 0.5) is 0 Å². The number of carbonyl (C=O) groups is 2. The summed E-state index contributed by atoms with van der Waals surface area (Å²) < 4.78 is 1.69. The molecule has 0 unspecified atom stereocenters. The van der Waals surface area contributed by atoms with Crippen LogP contribution in [-0.2, 0) is 11.8 Å². The summed E-state index contributed by atoms with van der Waals surface area (Å²) >= 11 is 1.33. The first-order chi connectivity index (χ1) is 10.5. The lowest BCUT2D eigenvalue weighted by atomic mass is 10.2. The Bertz CT molecular complexity index is 677. The van der Waals surface area contributed by atoms with Crippen LogP contribution in [0.25, 0.3) is 10.6 Å². The number of nitrogens with one attached hydrogen (secondary N) is 1. The second-order valence-electron chi connectivity index (χ2n) is 4.94. The van der Waals surface area contributed by atoms with Crippen LogP contribution < -0.4 is 5.32 Å². The Morgan fingerprint density at radius 1 is 1.41 bits per heavy atom. The SMILES string of the molecule is Cc1nc(-c2cnn(C)c2)sc1C(=O)NCCCCC(=O)O. The highest BCUT2D eigenvalue weighted by Crippen LogP contribution is 2.27. The second-order valence-corrected chi connectivity index (χ2v) is 5.94. The maximum absolute atomic E-state index is 12.1. The smallest absolute Gasteiger partial charge is 0.303 e. The van der Waals surface area contributed by atoms with Gasteiger partial charge in [-0.3, -0.25) is 14.3 Å². The molecule has 118 valence electrons. The number of amides is 1. The highest BCUT2D eigenvalue weighted by Gasteiger charge is 2.16. The van der Waals surface area contributed by atoms with E-state index in [0.29, 0.717) is 30.0 Å². The minimum Gasteiger partial charge on any atom is -0.481 e. The summed E-state index contributed by atoms with van der Waals surface area (Å²) in [6, 6.07) is 0. The van der Waals surface area contributed by atoms with Gasteiger partial charge in [-0.25, -0.2) is 4.98 Å². The molecule has 0 spiro atoms. The standard InChI is InChI=1S/C14H18N4O3S/c1-9-12(13(21)15-6-4-3-5-11(19)20)22-14(17-9)10-7-16-18(2)8-10/h7-8H,3-6H2,1-2H3,(H,15,21)(H,19,20). The zero-order chi connectivity index (χ0) is 16.1. The molecule has 7 nitrogen and oxygen atoms in total. The van der Waals surface area contributed by atoms with E-state index in [9.17, 15) is 9.59 Å². The summed E-state index contributed by atoms with van der Waals surface area (Å²) in [7, 11) is 1.83. The minimum atomic E-state index is -0.814. The number of nitrogens with zero attached hydrogens (tertiary/aromatic N) is 3. The molecule has 0 atom stereocenters. The summed E-state index contributed by atoms with van der Waals surface area (Å²) in [6.07, 6.45) is 4.89. The number of hydrogen-bond donors (Lipinski definition) is 2. The van der Waals surface area contributed by atoms with Crippen LogP contribution in [0, 0.1) is 6.92 Å². The zero-order valence-electron chi connectivity index (χ0n) is 12.5. The molecule has 0 aliphatic rings. The van der Waals surface area contributed by atoms with E-state index in [1.165, 1.54) is 11.3 Å². The van der Waals surface area contributed by atoms with Crippen molar-refractivity contribution in [1.82, 2.24) is 20.1 Å². The number of aromatic nitrogens is 3. The maximum atomic E-state index is 12.1. The number of carboxylic acids is 1. The molecule has 0 aliphatic heterocycles. The van der Waals surface area contributed by atoms with Crippen molar-refractivity contribution in [2.24, 2.45) is 7.05 Å². The van der Waals surface area contributed by atoms with E-state index in [-0.39, 0.29) is 12.3 Å². The molecule has 0 aliphatic carbocycles. The highest BCUT2D eigenvalue weighted by atomic mass is 32.1. The Hall–Kier alpha value is -2.22. The molecular formula is C14H18N4O3S. The molecule has 2 heterocycles. The number of thiazole rings is 1. The van der Waals surface area contributed by atoms with Gasteiger partial charge in [0.25, 0.3) is 5.91 Å². The van der Waals surface area contributed by atoms with Gasteiger partial charge in [0.2, 0.25) is 0 Å². The van der Waals surface area contributed by atoms with E-state index in [1.54, 1.807) is 17.8 Å². The molecule has 0 radical (unpaired) electrons. The zero-order valence-corrected chi connectivity index (χ0v) is 13.3. The summed E-state index contributed by atoms with van der Waals surface area (Å²) in [4.78, 5) is 27.5. The summed E-state index contributed by atoms with van der Waals surface area (Å²) in [6.45, 7) is 2.27. The Morgan fingerprint density at radius 3 is 2.82 bits per heavy atom. The van der Waals surface area contributed by atoms with Crippen molar-refractivity contribution in [3.8, 4) is 10.6 Å². The van der Waals surface area contributed by atoms with Crippen molar-refractivity contribution >= 4 is 23.2 Å². The molecule has 0 fully saturated rings. The lowest BCUT2D eigenvalue weighted by Crippen LogP contribution is -2.24. The largest absolute Gasteiger partial charge is 0.481 e. The molecular weight excluding hydrogens is 304 g/mol. The Kier molecular flexibility index (Phi) is 5.26. The number of aliphatic carboxylic acids is 1. The molecule has 2 aromatic rings. The molecule has 8 heteroatoms. The van der Waals surface area contributed by atoms with Crippen molar-refractivity contribution in [1.29, 1.82) is 0 Å². The number of carbonyl (C=O) groups excluding carboxylic acids is 1. The monoisotopic (exact) mass is 322 g/mol. The summed E-state index contributed by atoms with van der Waals surface area (Å²) in [5.74, 6) is -0.980. The Morgan fingerprint density at radius 2 is 2.18 bits per heavy atom. The van der Waals surface area contributed by atoms with Crippen molar-refractivity contribution in [2.75, 3.05) is 6.54 Å². The lowest BCUT2D eigenvalue weighted by Gasteiger charge is -2.02. The van der Waals surface area contributed by atoms with Gasteiger partial charge in [-0.15, -0.1) is 11.3 Å². The van der Waals surface area contributed by atoms with Crippen molar-refractivity contribution < 1.29 is 14.7 Å². The van der Waals surface area contributed by atoms with Crippen LogP contribution in [0.3, 0.4) is 0 Å². The quantitative estimate of drug-likeness (QED) is 0.758. The van der Waals surface area contributed by atoms with E-state index in [1.807, 2.05) is 13.2 Å². The molecule has 1 amide bonds. The van der Waals surface area contributed by atoms with Gasteiger partial charge in [-0.05, 0) is 19.8 Å². The van der Waals surface area contributed by atoms with E-state index in [4.69, 9.17) is 5.11 Å². The Labute approximate surface area is 132 Å². The van der Waals surface area contributed by atoms with Crippen molar-refractivity contribution in [3.05, 3.63) is 23.0 Å². The van der Waals surface area contributed by atoms with E-state index >= 15 is 0 Å². The molecule has 2 rings (SSSR count). The minimum absolute atomic E-state index is 0.126. The van der Waals surface area contributed by atoms with Crippen LogP contribution in [0.1, 0.15) is 34.6 Å². The fraction of sp³-hybridized carbons (Fsp3) is 0.429. The van der Waals surface area contributed by atoms with Crippen LogP contribution in [0.5, 0.6) is 0 Å². The van der Waals surface area contributed by atoms with Crippen LogP contribution in [-0.4, -0.2) is 38.3 Å². The highest BCUT2D eigenvalue weighted by molar-refractivity contribution is 7.17. The second kappa shape index (κ2) is 7.17. The molecule has 0 aromatic carbocycles. The molecule has 0 saturated heterocycles. The number of carboxylic acid groups (broad SMARTS) is 1. The number of aryl methyl sites for hydroxylation is 2. The van der Waals surface area contributed by atoms with Crippen molar-refractivity contribution in [2.45, 2.75) is 26.2 Å². The normalized spacial score (nSPS) is 10.6. The summed E-state index contributed by atoms with van der Waals surface area (Å²) in [5, 5.41) is 16.2. The number of hydrogen-bond acceptors (Lipinski definition) is 5. The van der Waals surface area contributed by atoms with E-state index in [0.717, 1.165) is 10.6 Å². The summed E-state index contributed by atoms with van der Waals surface area (Å²) in [5.41, 5.74) is 1.57. The van der Waals surface area contributed by atoms with Crippen molar-refractivity contribution in [3.63, 3.8) is 0 Å². The van der Waals surface area contributed by atoms with Crippen LogP contribution in [0.15, 0.2) is 12.4 Å². The molecule has 2 N–H and O–H groups in total. The van der Waals surface area contributed by atoms with E-state index in [2.05, 4.69) is 15.4 Å². The predicted octanol–water partition coefficient (Wildman–Crippen LogP) is 1.84. The number of rotatable bonds is 7. The average Bonchev–Trinajstić information content (AvgIpc) is 3.04. The third-order valence-electron chi connectivity index (χ3n) is 3.06. The maximum Gasteiger partial charge on any atom is 0.303 e. The molecule has 0 bridgehead atoms. The molecule has 22 heavy (non-hydrogen) atoms.